The molecule has 0 aromatic heterocycles. The number of ketones is 2. The number of carbonyl (C=O) groups excluding carboxylic acids is 2. The van der Waals surface area contributed by atoms with Gasteiger partial charge >= 0.3 is 0 Å². The van der Waals surface area contributed by atoms with Crippen molar-refractivity contribution in [3.05, 3.63) is 46.5 Å². The molecule has 2 aromatic carbocycles. The lowest BCUT2D eigenvalue weighted by atomic mass is 9.83. The van der Waals surface area contributed by atoms with Gasteiger partial charge in [-0.1, -0.05) is 27.7 Å². The predicted octanol–water partition coefficient (Wildman–Crippen LogP) is 5.62. The maximum atomic E-state index is 13.4. The van der Waals surface area contributed by atoms with Gasteiger partial charge in [0, 0.05) is 22.3 Å². The van der Waals surface area contributed by atoms with Crippen LogP contribution >= 0.6 is 0 Å². The van der Waals surface area contributed by atoms with E-state index in [1.807, 2.05) is 27.7 Å². The minimum atomic E-state index is -0.235. The molecule has 172 valence electrons. The second-order valence-electron chi connectivity index (χ2n) is 7.74. The highest BCUT2D eigenvalue weighted by atomic mass is 16.5. The van der Waals surface area contributed by atoms with E-state index in [0.717, 1.165) is 25.7 Å². The molecule has 0 fully saturated rings. The lowest BCUT2D eigenvalue weighted by molar-refractivity contribution is 0.0977. The van der Waals surface area contributed by atoms with Crippen LogP contribution in [0.5, 0.6) is 23.0 Å². The lowest BCUT2D eigenvalue weighted by Crippen LogP contribution is -2.22. The molecule has 6 nitrogen and oxygen atoms in total. The minimum Gasteiger partial charge on any atom is -0.490 e. The van der Waals surface area contributed by atoms with Gasteiger partial charge in [-0.05, 0) is 49.9 Å². The molecule has 0 atom stereocenters. The maximum absolute atomic E-state index is 13.4. The number of benzene rings is 2. The molecular formula is C26H32O6. The summed E-state index contributed by atoms with van der Waals surface area (Å²) in [4.78, 5) is 26.8. The van der Waals surface area contributed by atoms with E-state index in [0.29, 0.717) is 71.7 Å². The van der Waals surface area contributed by atoms with Crippen LogP contribution in [0.4, 0.5) is 0 Å². The van der Waals surface area contributed by atoms with Gasteiger partial charge in [-0.15, -0.1) is 0 Å². The second kappa shape index (κ2) is 11.0. The molecular weight excluding hydrogens is 408 g/mol. The Labute approximate surface area is 189 Å². The van der Waals surface area contributed by atoms with Crippen LogP contribution in [0.3, 0.4) is 0 Å². The van der Waals surface area contributed by atoms with Crippen molar-refractivity contribution in [2.75, 3.05) is 26.4 Å². The summed E-state index contributed by atoms with van der Waals surface area (Å²) in [5, 5.41) is 0. The van der Waals surface area contributed by atoms with Crippen LogP contribution in [0.15, 0.2) is 24.3 Å². The van der Waals surface area contributed by atoms with E-state index in [1.54, 1.807) is 24.3 Å². The van der Waals surface area contributed by atoms with E-state index in [1.165, 1.54) is 0 Å². The fourth-order valence-electron chi connectivity index (χ4n) is 3.46. The van der Waals surface area contributed by atoms with Crippen LogP contribution in [-0.2, 0) is 0 Å². The van der Waals surface area contributed by atoms with Crippen molar-refractivity contribution in [3.63, 3.8) is 0 Å². The molecule has 0 radical (unpaired) electrons. The second-order valence-corrected chi connectivity index (χ2v) is 7.74. The van der Waals surface area contributed by atoms with Gasteiger partial charge < -0.3 is 18.9 Å². The summed E-state index contributed by atoms with van der Waals surface area (Å²) in [7, 11) is 0. The van der Waals surface area contributed by atoms with Gasteiger partial charge in [0.25, 0.3) is 0 Å². The number of rotatable bonds is 12. The molecule has 0 N–H and O–H groups in total. The van der Waals surface area contributed by atoms with Crippen molar-refractivity contribution < 1.29 is 28.5 Å². The summed E-state index contributed by atoms with van der Waals surface area (Å²) in [5.41, 5.74) is 1.28. The Kier molecular flexibility index (Phi) is 8.14. The summed E-state index contributed by atoms with van der Waals surface area (Å²) in [6.07, 6.45) is 3.27. The zero-order valence-electron chi connectivity index (χ0n) is 19.4. The van der Waals surface area contributed by atoms with Gasteiger partial charge in [-0.2, -0.15) is 0 Å². The van der Waals surface area contributed by atoms with Crippen molar-refractivity contribution in [3.8, 4) is 23.0 Å². The first kappa shape index (κ1) is 23.6. The highest BCUT2D eigenvalue weighted by Gasteiger charge is 2.33. The van der Waals surface area contributed by atoms with Crippen LogP contribution in [-0.4, -0.2) is 38.0 Å². The minimum absolute atomic E-state index is 0.235. The first-order valence-electron chi connectivity index (χ1n) is 11.5. The fourth-order valence-corrected chi connectivity index (χ4v) is 3.46. The molecule has 6 heteroatoms. The molecule has 1 aliphatic carbocycles. The van der Waals surface area contributed by atoms with Crippen molar-refractivity contribution in [2.24, 2.45) is 0 Å². The zero-order chi connectivity index (χ0) is 23.1. The Morgan fingerprint density at radius 2 is 0.688 bits per heavy atom. The summed E-state index contributed by atoms with van der Waals surface area (Å²) in [6, 6.07) is 6.53. The molecule has 0 spiro atoms. The SMILES string of the molecule is CCCOc1cc2c(cc1OCCC)C(=O)c1cc(OCCC)c(OCCC)cc1C2=O. The van der Waals surface area contributed by atoms with Crippen LogP contribution in [0.2, 0.25) is 0 Å². The van der Waals surface area contributed by atoms with Gasteiger partial charge in [0.2, 0.25) is 0 Å². The Morgan fingerprint density at radius 3 is 0.875 bits per heavy atom. The Bertz CT molecular complexity index is 825. The van der Waals surface area contributed by atoms with Gasteiger partial charge in [-0.25, -0.2) is 0 Å². The van der Waals surface area contributed by atoms with Gasteiger partial charge in [-0.3, -0.25) is 9.59 Å². The summed E-state index contributed by atoms with van der Waals surface area (Å²) in [6.45, 7) is 10.00. The Hall–Kier alpha value is -3.02. The van der Waals surface area contributed by atoms with Crippen molar-refractivity contribution >= 4 is 11.6 Å². The highest BCUT2D eigenvalue weighted by molar-refractivity contribution is 6.29. The predicted molar refractivity (Wildman–Crippen MR) is 123 cm³/mol. The molecule has 32 heavy (non-hydrogen) atoms. The molecule has 0 bridgehead atoms. The molecule has 0 aliphatic heterocycles. The summed E-state index contributed by atoms with van der Waals surface area (Å²) < 4.78 is 23.3. The highest BCUT2D eigenvalue weighted by Crippen LogP contribution is 2.40. The van der Waals surface area contributed by atoms with E-state index in [4.69, 9.17) is 18.9 Å². The number of ether oxygens (including phenoxy) is 4. The first-order valence-corrected chi connectivity index (χ1v) is 11.5. The van der Waals surface area contributed by atoms with E-state index in [2.05, 4.69) is 0 Å². The fraction of sp³-hybridized carbons (Fsp3) is 0.462. The van der Waals surface area contributed by atoms with E-state index >= 15 is 0 Å². The number of fused-ring (bicyclic) bond motifs is 2. The summed E-state index contributed by atoms with van der Waals surface area (Å²) >= 11 is 0. The first-order chi connectivity index (χ1) is 15.5. The standard InChI is InChI=1S/C26H32O6/c1-5-9-29-21-13-17-18(14-22(21)30-10-6-2)26(28)20-16-24(32-12-8-4)23(31-11-7-3)15-19(20)25(17)27/h13-16H,5-12H2,1-4H3. The molecule has 0 saturated heterocycles. The zero-order valence-corrected chi connectivity index (χ0v) is 19.4. The molecule has 0 unspecified atom stereocenters. The average Bonchev–Trinajstić information content (AvgIpc) is 2.81. The van der Waals surface area contributed by atoms with E-state index in [-0.39, 0.29) is 11.6 Å². The molecule has 0 amide bonds. The number of hydrogen-bond donors (Lipinski definition) is 0. The molecule has 0 saturated carbocycles. The molecule has 1 aliphatic rings. The van der Waals surface area contributed by atoms with Crippen molar-refractivity contribution in [1.82, 2.24) is 0 Å². The van der Waals surface area contributed by atoms with Gasteiger partial charge in [0.15, 0.2) is 34.6 Å². The smallest absolute Gasteiger partial charge is 0.194 e. The van der Waals surface area contributed by atoms with Crippen molar-refractivity contribution in [2.45, 2.75) is 53.4 Å². The largest absolute Gasteiger partial charge is 0.490 e. The molecule has 0 heterocycles. The third kappa shape index (κ3) is 4.90. The topological polar surface area (TPSA) is 71.1 Å². The number of hydrogen-bond acceptors (Lipinski definition) is 6. The van der Waals surface area contributed by atoms with Crippen LogP contribution < -0.4 is 18.9 Å². The molecule has 3 rings (SSSR count). The Balaban J connectivity index is 2.09. The van der Waals surface area contributed by atoms with E-state index < -0.39 is 0 Å². The van der Waals surface area contributed by atoms with E-state index in [9.17, 15) is 9.59 Å². The van der Waals surface area contributed by atoms with Gasteiger partial charge in [0.05, 0.1) is 26.4 Å². The average molecular weight is 441 g/mol. The maximum Gasteiger partial charge on any atom is 0.194 e. The van der Waals surface area contributed by atoms with Gasteiger partial charge in [0.1, 0.15) is 0 Å². The third-order valence-electron chi connectivity index (χ3n) is 4.99. The number of carbonyl (C=O) groups is 2. The van der Waals surface area contributed by atoms with Crippen LogP contribution in [0.25, 0.3) is 0 Å². The Morgan fingerprint density at radius 1 is 0.469 bits per heavy atom. The van der Waals surface area contributed by atoms with Crippen LogP contribution in [0.1, 0.15) is 85.2 Å². The monoisotopic (exact) mass is 440 g/mol. The quantitative estimate of drug-likeness (QED) is 0.364. The summed E-state index contributed by atoms with van der Waals surface area (Å²) in [5.74, 6) is 1.45. The van der Waals surface area contributed by atoms with Crippen LogP contribution in [0, 0.1) is 0 Å². The lowest BCUT2D eigenvalue weighted by Gasteiger charge is -2.22. The molecule has 2 aromatic rings. The normalized spacial score (nSPS) is 12.2. The third-order valence-corrected chi connectivity index (χ3v) is 4.99. The van der Waals surface area contributed by atoms with Crippen molar-refractivity contribution in [1.29, 1.82) is 0 Å².